The molecule has 0 atom stereocenters. The summed E-state index contributed by atoms with van der Waals surface area (Å²) in [5, 5.41) is -0.425. The van der Waals surface area contributed by atoms with E-state index in [0.717, 1.165) is 16.9 Å². The van der Waals surface area contributed by atoms with E-state index in [2.05, 4.69) is 20.9 Å². The normalized spacial score (nSPS) is 13.1. The van der Waals surface area contributed by atoms with Crippen LogP contribution in [0.4, 0.5) is 5.69 Å². The third-order valence-corrected chi connectivity index (χ3v) is 3.84. The zero-order valence-electron chi connectivity index (χ0n) is 11.5. The van der Waals surface area contributed by atoms with E-state index in [1.807, 2.05) is 0 Å². The van der Waals surface area contributed by atoms with Gasteiger partial charge in [-0.3, -0.25) is 0 Å². The third-order valence-electron chi connectivity index (χ3n) is 2.30. The van der Waals surface area contributed by atoms with Crippen LogP contribution in [-0.2, 0) is 19.4 Å². The first-order valence-electron chi connectivity index (χ1n) is 5.93. The molecule has 0 aliphatic carbocycles. The largest absolute Gasteiger partial charge is 0.462 e. The number of carbonyl (C=O) groups excluding carboxylic acids is 1. The van der Waals surface area contributed by atoms with Gasteiger partial charge in [0.25, 0.3) is 0 Å². The minimum Gasteiger partial charge on any atom is -0.462 e. The number of nitrogens with two attached hydrogens (primary N) is 1. The summed E-state index contributed by atoms with van der Waals surface area (Å²) < 4.78 is 29.3. The van der Waals surface area contributed by atoms with Crippen LogP contribution >= 0.6 is 15.9 Å². The topological polar surface area (TPSA) is 98.8 Å². The highest BCUT2D eigenvalue weighted by Gasteiger charge is 2.25. The van der Waals surface area contributed by atoms with E-state index in [1.165, 1.54) is 0 Å². The van der Waals surface area contributed by atoms with E-state index in [0.29, 0.717) is 5.69 Å². The number of aliphatic imine (C=N–C) groups is 1. The Balaban J connectivity index is 3.36. The Kier molecular flexibility index (Phi) is 6.10. The zero-order valence-corrected chi connectivity index (χ0v) is 13.9. The maximum Gasteiger partial charge on any atom is 0.342 e. The van der Waals surface area contributed by atoms with Crippen molar-refractivity contribution in [3.63, 3.8) is 0 Å². The minimum absolute atomic E-state index is 0.103. The number of rotatable bonds is 4. The van der Waals surface area contributed by atoms with Gasteiger partial charge < -0.3 is 10.5 Å². The van der Waals surface area contributed by atoms with Crippen LogP contribution in [0.5, 0.6) is 0 Å². The van der Waals surface area contributed by atoms with Gasteiger partial charge in [-0.05, 0) is 31.2 Å². The number of nitrogens with zero attached hydrogens (tertiary/aromatic N) is 1. The number of ether oxygens (including phenoxy) is 1. The molecule has 0 heterocycles. The molecule has 0 aliphatic rings. The molecule has 1 aromatic carbocycles. The van der Waals surface area contributed by atoms with Crippen molar-refractivity contribution in [3.05, 3.63) is 40.5 Å². The fourth-order valence-electron chi connectivity index (χ4n) is 1.41. The SMILES string of the molecule is CCOC(=O)/C(=C/N)C(=Nc1ccc(Br)cc1)S(C)(=O)=O. The molecule has 0 spiro atoms. The van der Waals surface area contributed by atoms with Crippen molar-refractivity contribution >= 4 is 42.5 Å². The van der Waals surface area contributed by atoms with E-state index in [-0.39, 0.29) is 12.2 Å². The van der Waals surface area contributed by atoms with E-state index >= 15 is 0 Å². The third kappa shape index (κ3) is 4.98. The van der Waals surface area contributed by atoms with E-state index in [4.69, 9.17) is 10.5 Å². The van der Waals surface area contributed by atoms with Crippen molar-refractivity contribution in [2.24, 2.45) is 10.7 Å². The van der Waals surface area contributed by atoms with Gasteiger partial charge in [0.15, 0.2) is 14.9 Å². The molecular weight excluding hydrogens is 360 g/mol. The van der Waals surface area contributed by atoms with Crippen molar-refractivity contribution in [1.29, 1.82) is 0 Å². The number of hydrogen-bond donors (Lipinski definition) is 1. The summed E-state index contributed by atoms with van der Waals surface area (Å²) in [7, 11) is -3.76. The summed E-state index contributed by atoms with van der Waals surface area (Å²) in [6.45, 7) is 1.71. The molecule has 0 saturated heterocycles. The highest BCUT2D eigenvalue weighted by Crippen LogP contribution is 2.19. The number of halogens is 1. The average Bonchev–Trinajstić information content (AvgIpc) is 2.40. The fourth-order valence-corrected chi connectivity index (χ4v) is 2.50. The monoisotopic (exact) mass is 374 g/mol. The second-order valence-electron chi connectivity index (χ2n) is 3.97. The van der Waals surface area contributed by atoms with Gasteiger partial charge in [-0.1, -0.05) is 15.9 Å². The molecule has 8 heteroatoms. The lowest BCUT2D eigenvalue weighted by molar-refractivity contribution is -0.137. The predicted molar refractivity (Wildman–Crippen MR) is 85.0 cm³/mol. The molecule has 0 aliphatic heterocycles. The number of esters is 1. The van der Waals surface area contributed by atoms with Crippen LogP contribution in [0, 0.1) is 0 Å². The Hall–Kier alpha value is -1.67. The van der Waals surface area contributed by atoms with Crippen molar-refractivity contribution < 1.29 is 17.9 Å². The first-order chi connectivity index (χ1) is 9.79. The van der Waals surface area contributed by atoms with Gasteiger partial charge in [0.1, 0.15) is 5.57 Å². The Morgan fingerprint density at radius 1 is 1.38 bits per heavy atom. The summed E-state index contributed by atoms with van der Waals surface area (Å²) in [6.07, 6.45) is 1.84. The van der Waals surface area contributed by atoms with Crippen LogP contribution in [0.3, 0.4) is 0 Å². The number of hydrogen-bond acceptors (Lipinski definition) is 6. The summed E-state index contributed by atoms with van der Waals surface area (Å²) in [5.41, 5.74) is 5.45. The predicted octanol–water partition coefficient (Wildman–Crippen LogP) is 1.93. The van der Waals surface area contributed by atoms with E-state index < -0.39 is 20.9 Å². The summed E-state index contributed by atoms with van der Waals surface area (Å²) in [4.78, 5) is 15.8. The Morgan fingerprint density at radius 3 is 2.38 bits per heavy atom. The summed E-state index contributed by atoms with van der Waals surface area (Å²) in [5.74, 6) is -0.832. The van der Waals surface area contributed by atoms with Gasteiger partial charge in [-0.2, -0.15) is 0 Å². The summed E-state index contributed by atoms with van der Waals surface area (Å²) in [6, 6.07) is 6.62. The first kappa shape index (κ1) is 17.4. The second-order valence-corrected chi connectivity index (χ2v) is 6.81. The van der Waals surface area contributed by atoms with Crippen molar-refractivity contribution in [2.75, 3.05) is 12.9 Å². The van der Waals surface area contributed by atoms with Crippen LogP contribution in [0.2, 0.25) is 0 Å². The fraction of sp³-hybridized carbons (Fsp3) is 0.231. The average molecular weight is 375 g/mol. The number of benzene rings is 1. The molecule has 0 aromatic heterocycles. The Morgan fingerprint density at radius 2 is 1.95 bits per heavy atom. The van der Waals surface area contributed by atoms with Crippen LogP contribution in [-0.4, -0.2) is 32.3 Å². The van der Waals surface area contributed by atoms with Gasteiger partial charge in [0.2, 0.25) is 0 Å². The molecular formula is C13H15BrN2O4S. The minimum atomic E-state index is -3.76. The Labute approximate surface area is 131 Å². The van der Waals surface area contributed by atoms with Crippen molar-refractivity contribution in [2.45, 2.75) is 6.92 Å². The second kappa shape index (κ2) is 7.37. The molecule has 0 unspecified atom stereocenters. The lowest BCUT2D eigenvalue weighted by Gasteiger charge is -2.08. The maximum absolute atomic E-state index is 11.9. The molecule has 0 fully saturated rings. The molecule has 1 aromatic rings. The van der Waals surface area contributed by atoms with E-state index in [9.17, 15) is 13.2 Å². The smallest absolute Gasteiger partial charge is 0.342 e. The Bertz CT molecular complexity index is 679. The molecule has 0 bridgehead atoms. The highest BCUT2D eigenvalue weighted by atomic mass is 79.9. The van der Waals surface area contributed by atoms with Crippen LogP contribution in [0.15, 0.2) is 45.5 Å². The van der Waals surface area contributed by atoms with Crippen LogP contribution in [0.25, 0.3) is 0 Å². The molecule has 2 N–H and O–H groups in total. The molecule has 0 saturated carbocycles. The number of carbonyl (C=O) groups is 1. The van der Waals surface area contributed by atoms with Gasteiger partial charge in [0, 0.05) is 16.9 Å². The van der Waals surface area contributed by atoms with Gasteiger partial charge >= 0.3 is 5.97 Å². The molecule has 21 heavy (non-hydrogen) atoms. The van der Waals surface area contributed by atoms with Crippen LogP contribution < -0.4 is 5.73 Å². The quantitative estimate of drug-likeness (QED) is 0.375. The zero-order chi connectivity index (χ0) is 16.0. The lowest BCUT2D eigenvalue weighted by atomic mass is 10.3. The van der Waals surface area contributed by atoms with Gasteiger partial charge in [0.05, 0.1) is 12.3 Å². The molecule has 0 radical (unpaired) electrons. The van der Waals surface area contributed by atoms with Gasteiger partial charge in [-0.25, -0.2) is 18.2 Å². The highest BCUT2D eigenvalue weighted by molar-refractivity contribution is 9.10. The van der Waals surface area contributed by atoms with Crippen molar-refractivity contribution in [3.8, 4) is 0 Å². The van der Waals surface area contributed by atoms with Crippen molar-refractivity contribution in [1.82, 2.24) is 0 Å². The molecule has 1 rings (SSSR count). The molecule has 6 nitrogen and oxygen atoms in total. The maximum atomic E-state index is 11.9. The molecule has 114 valence electrons. The standard InChI is InChI=1S/C13H15BrN2O4S/c1-3-20-13(17)11(8-15)12(21(2,18)19)16-10-6-4-9(14)5-7-10/h4-8H,3,15H2,1-2H3/b11-8+,16-12?. The van der Waals surface area contributed by atoms with E-state index in [1.54, 1.807) is 31.2 Å². The summed E-state index contributed by atoms with van der Waals surface area (Å²) >= 11 is 3.27. The lowest BCUT2D eigenvalue weighted by Crippen LogP contribution is -2.24. The number of sulfone groups is 1. The molecule has 0 amide bonds. The van der Waals surface area contributed by atoms with Crippen LogP contribution in [0.1, 0.15) is 6.92 Å². The first-order valence-corrected chi connectivity index (χ1v) is 8.61. The van der Waals surface area contributed by atoms with Gasteiger partial charge in [-0.15, -0.1) is 0 Å².